The summed E-state index contributed by atoms with van der Waals surface area (Å²) in [7, 11) is 0. The lowest BCUT2D eigenvalue weighted by atomic mass is 9.90. The Balaban J connectivity index is 2.18. The predicted octanol–water partition coefficient (Wildman–Crippen LogP) is 5.15. The highest BCUT2D eigenvalue weighted by atomic mass is 14.2. The van der Waals surface area contributed by atoms with Crippen molar-refractivity contribution in [1.82, 2.24) is 0 Å². The van der Waals surface area contributed by atoms with Crippen LogP contribution in [0.15, 0.2) is 54.6 Å². The number of allylic oxidation sites excluding steroid dienone is 1. The number of rotatable bonds is 0. The fourth-order valence-corrected chi connectivity index (χ4v) is 3.57. The highest BCUT2D eigenvalue weighted by Gasteiger charge is 2.14. The molecule has 4 aromatic rings. The Bertz CT molecular complexity index is 958. The molecule has 4 aromatic carbocycles. The van der Waals surface area contributed by atoms with Crippen molar-refractivity contribution in [2.45, 2.75) is 6.42 Å². The summed E-state index contributed by atoms with van der Waals surface area (Å²) in [6.45, 7) is 0. The van der Waals surface area contributed by atoms with E-state index in [9.17, 15) is 0 Å². The number of benzene rings is 4. The van der Waals surface area contributed by atoms with E-state index in [1.54, 1.807) is 0 Å². The zero-order valence-corrected chi connectivity index (χ0v) is 10.5. The van der Waals surface area contributed by atoms with E-state index in [2.05, 4.69) is 60.7 Å². The van der Waals surface area contributed by atoms with Crippen LogP contribution in [0.2, 0.25) is 0 Å². The Morgan fingerprint density at radius 2 is 1.53 bits per heavy atom. The third-order valence-corrected chi connectivity index (χ3v) is 4.41. The van der Waals surface area contributed by atoms with E-state index in [-0.39, 0.29) is 0 Å². The van der Waals surface area contributed by atoms with Gasteiger partial charge < -0.3 is 0 Å². The Morgan fingerprint density at radius 3 is 2.42 bits per heavy atom. The summed E-state index contributed by atoms with van der Waals surface area (Å²) in [5.41, 5.74) is 2.89. The molecule has 0 spiro atoms. The molecular formula is C19H12. The van der Waals surface area contributed by atoms with Gasteiger partial charge >= 0.3 is 0 Å². The second-order valence-electron chi connectivity index (χ2n) is 5.41. The molecule has 0 saturated heterocycles. The molecule has 5 rings (SSSR count). The lowest BCUT2D eigenvalue weighted by Gasteiger charge is -2.13. The molecule has 0 heteroatoms. The molecule has 0 aromatic heterocycles. The van der Waals surface area contributed by atoms with Gasteiger partial charge in [0.2, 0.25) is 0 Å². The van der Waals surface area contributed by atoms with Crippen LogP contribution in [0.5, 0.6) is 0 Å². The summed E-state index contributed by atoms with van der Waals surface area (Å²) in [4.78, 5) is 0. The van der Waals surface area contributed by atoms with Crippen LogP contribution in [0.3, 0.4) is 0 Å². The third-order valence-electron chi connectivity index (χ3n) is 4.41. The average Bonchev–Trinajstić information content (AvgIpc) is 2.92. The van der Waals surface area contributed by atoms with Gasteiger partial charge in [-0.3, -0.25) is 0 Å². The van der Waals surface area contributed by atoms with Gasteiger partial charge in [-0.05, 0) is 55.9 Å². The fourth-order valence-electron chi connectivity index (χ4n) is 3.57. The minimum Gasteiger partial charge on any atom is -0.0795 e. The van der Waals surface area contributed by atoms with Gasteiger partial charge in [0.05, 0.1) is 0 Å². The molecule has 0 saturated carbocycles. The monoisotopic (exact) mass is 240 g/mol. The van der Waals surface area contributed by atoms with Crippen LogP contribution < -0.4 is 0 Å². The van der Waals surface area contributed by atoms with E-state index in [4.69, 9.17) is 0 Å². The Kier molecular flexibility index (Phi) is 1.59. The number of fused-ring (bicyclic) bond motifs is 2. The van der Waals surface area contributed by atoms with Gasteiger partial charge in [-0.2, -0.15) is 0 Å². The molecule has 0 bridgehead atoms. The van der Waals surface area contributed by atoms with Crippen LogP contribution in [0, 0.1) is 0 Å². The fraction of sp³-hybridized carbons (Fsp3) is 0.0526. The van der Waals surface area contributed by atoms with Crippen molar-refractivity contribution in [2.75, 3.05) is 0 Å². The van der Waals surface area contributed by atoms with Gasteiger partial charge in [0.15, 0.2) is 0 Å². The molecule has 0 heterocycles. The molecule has 0 N–H and O–H groups in total. The van der Waals surface area contributed by atoms with Gasteiger partial charge in [0.1, 0.15) is 0 Å². The predicted molar refractivity (Wildman–Crippen MR) is 82.9 cm³/mol. The summed E-state index contributed by atoms with van der Waals surface area (Å²) in [5, 5.41) is 8.36. The normalized spacial score (nSPS) is 13.9. The molecule has 0 fully saturated rings. The molecule has 88 valence electrons. The van der Waals surface area contributed by atoms with Crippen LogP contribution in [0.25, 0.3) is 38.4 Å². The molecule has 0 nitrogen and oxygen atoms in total. The summed E-state index contributed by atoms with van der Waals surface area (Å²) < 4.78 is 0. The van der Waals surface area contributed by atoms with Crippen molar-refractivity contribution in [3.8, 4) is 0 Å². The minimum absolute atomic E-state index is 1.07. The Hall–Kier alpha value is -2.34. The first-order valence-corrected chi connectivity index (χ1v) is 6.78. The lowest BCUT2D eigenvalue weighted by Crippen LogP contribution is -1.89. The molecule has 19 heavy (non-hydrogen) atoms. The van der Waals surface area contributed by atoms with Crippen molar-refractivity contribution >= 4 is 38.4 Å². The largest absolute Gasteiger partial charge is 0.0795 e. The zero-order valence-electron chi connectivity index (χ0n) is 10.5. The van der Waals surface area contributed by atoms with Gasteiger partial charge in [0, 0.05) is 0 Å². The maximum Gasteiger partial charge on any atom is -0.00235 e. The minimum atomic E-state index is 1.07. The Morgan fingerprint density at radius 1 is 0.737 bits per heavy atom. The van der Waals surface area contributed by atoms with Crippen molar-refractivity contribution in [3.63, 3.8) is 0 Å². The van der Waals surface area contributed by atoms with E-state index in [0.717, 1.165) is 6.42 Å². The first-order valence-electron chi connectivity index (χ1n) is 6.78. The smallest absolute Gasteiger partial charge is 0.00235 e. The molecule has 1 aliphatic carbocycles. The Labute approximate surface area is 111 Å². The van der Waals surface area contributed by atoms with Crippen LogP contribution >= 0.6 is 0 Å². The maximum atomic E-state index is 2.34. The van der Waals surface area contributed by atoms with E-state index < -0.39 is 0 Å². The molecular weight excluding hydrogens is 228 g/mol. The topological polar surface area (TPSA) is 0 Å². The van der Waals surface area contributed by atoms with E-state index in [1.807, 2.05) is 0 Å². The molecule has 1 aliphatic rings. The van der Waals surface area contributed by atoms with E-state index >= 15 is 0 Å². The summed E-state index contributed by atoms with van der Waals surface area (Å²) in [6, 6.07) is 18.0. The summed E-state index contributed by atoms with van der Waals surface area (Å²) in [6.07, 6.45) is 5.60. The number of hydrogen-bond acceptors (Lipinski definition) is 0. The zero-order chi connectivity index (χ0) is 12.4. The number of hydrogen-bond donors (Lipinski definition) is 0. The standard InChI is InChI=1S/C19H12/c1-3-12-7-8-15-11-14-5-2-6-16(14)17-10-9-13(4-1)18(12)19(15)17/h1-5,7-11H,6H2. The molecule has 0 radical (unpaired) electrons. The first kappa shape index (κ1) is 9.57. The van der Waals surface area contributed by atoms with Crippen molar-refractivity contribution in [3.05, 3.63) is 65.7 Å². The SMILES string of the molecule is C1=Cc2cc3ccc4cccc5ccc(c2C1)c3c45. The third kappa shape index (κ3) is 1.09. The summed E-state index contributed by atoms with van der Waals surface area (Å²) >= 11 is 0. The van der Waals surface area contributed by atoms with Gasteiger partial charge in [-0.25, -0.2) is 0 Å². The van der Waals surface area contributed by atoms with Crippen LogP contribution in [-0.4, -0.2) is 0 Å². The first-order chi connectivity index (χ1) is 9.42. The van der Waals surface area contributed by atoms with Crippen LogP contribution in [0.4, 0.5) is 0 Å². The molecule has 0 amide bonds. The lowest BCUT2D eigenvalue weighted by molar-refractivity contribution is 1.35. The van der Waals surface area contributed by atoms with Gasteiger partial charge in [0.25, 0.3) is 0 Å². The summed E-state index contributed by atoms with van der Waals surface area (Å²) in [5.74, 6) is 0. The second kappa shape index (κ2) is 3.16. The van der Waals surface area contributed by atoms with Crippen LogP contribution in [-0.2, 0) is 6.42 Å². The molecule has 0 aliphatic heterocycles. The van der Waals surface area contributed by atoms with E-state index in [1.165, 1.54) is 43.4 Å². The van der Waals surface area contributed by atoms with Gasteiger partial charge in [-0.15, -0.1) is 0 Å². The molecule has 0 unspecified atom stereocenters. The van der Waals surface area contributed by atoms with Crippen molar-refractivity contribution < 1.29 is 0 Å². The molecule has 0 atom stereocenters. The second-order valence-corrected chi connectivity index (χ2v) is 5.41. The van der Waals surface area contributed by atoms with E-state index in [0.29, 0.717) is 0 Å². The quantitative estimate of drug-likeness (QED) is 0.373. The highest BCUT2D eigenvalue weighted by molar-refractivity contribution is 6.24. The van der Waals surface area contributed by atoms with Gasteiger partial charge in [-0.1, -0.05) is 54.6 Å². The van der Waals surface area contributed by atoms with Crippen LogP contribution in [0.1, 0.15) is 11.1 Å². The maximum absolute atomic E-state index is 2.34. The average molecular weight is 240 g/mol. The van der Waals surface area contributed by atoms with Crippen molar-refractivity contribution in [1.29, 1.82) is 0 Å². The van der Waals surface area contributed by atoms with Crippen molar-refractivity contribution in [2.24, 2.45) is 0 Å². The highest BCUT2D eigenvalue weighted by Crippen LogP contribution is 2.39.